The van der Waals surface area contributed by atoms with Crippen LogP contribution < -0.4 is 19.9 Å². The fourth-order valence-electron chi connectivity index (χ4n) is 3.57. The SMILES string of the molecule is CCCCCCCCCCCCCC[n+]1ccccc1.O=C(/C=C(\[O-])C(F)(F)F)C(F)(F)F.O=C(/C=C(\[O-])C(F)(F)F)C(F)(F)F.O=C(/C=C(\[O-])C(F)(F)F)C(F)(F)F.[Co+2]. The minimum Gasteiger partial charge on any atom is -0.869 e. The molecule has 0 spiro atoms. The zero-order valence-corrected chi connectivity index (χ0v) is 31.9. The van der Waals surface area contributed by atoms with Gasteiger partial charge in [0.15, 0.2) is 12.4 Å². The predicted molar refractivity (Wildman–Crippen MR) is 163 cm³/mol. The fourth-order valence-corrected chi connectivity index (χ4v) is 3.57. The van der Waals surface area contributed by atoms with Crippen LogP contribution in [0, 0.1) is 0 Å². The third-order valence-corrected chi connectivity index (χ3v) is 6.51. The number of alkyl halides is 18. The molecule has 349 valence electrons. The third-order valence-electron chi connectivity index (χ3n) is 6.51. The number of unbranched alkanes of at least 4 members (excludes halogenated alkanes) is 11. The monoisotopic (exact) mass is 956 g/mol. The Morgan fingerprint density at radius 1 is 0.417 bits per heavy atom. The summed E-state index contributed by atoms with van der Waals surface area (Å²) >= 11 is 0. The number of hydrogen-bond donors (Lipinski definition) is 0. The Morgan fingerprint density at radius 2 is 0.650 bits per heavy atom. The number of aryl methyl sites for hydroxylation is 1. The predicted octanol–water partition coefficient (Wildman–Crippen LogP) is 8.45. The molecule has 1 aromatic heterocycles. The first-order chi connectivity index (χ1) is 26.6. The van der Waals surface area contributed by atoms with Gasteiger partial charge in [-0.05, 0) is 41.9 Å². The first-order valence-electron chi connectivity index (χ1n) is 16.7. The molecule has 1 heterocycles. The third kappa shape index (κ3) is 34.8. The van der Waals surface area contributed by atoms with Crippen molar-refractivity contribution in [2.45, 2.75) is 128 Å². The van der Waals surface area contributed by atoms with Crippen LogP contribution in [0.5, 0.6) is 0 Å². The van der Waals surface area contributed by atoms with Gasteiger partial charge in [0.2, 0.25) is 0 Å². The Hall–Kier alpha value is -3.97. The van der Waals surface area contributed by atoms with E-state index in [0.717, 1.165) is 0 Å². The van der Waals surface area contributed by atoms with Gasteiger partial charge in [0, 0.05) is 18.6 Å². The molecule has 0 bridgehead atoms. The van der Waals surface area contributed by atoms with E-state index in [1.807, 2.05) is 0 Å². The number of halogens is 18. The van der Waals surface area contributed by atoms with E-state index in [2.05, 4.69) is 42.1 Å². The van der Waals surface area contributed by atoms with Gasteiger partial charge in [-0.3, -0.25) is 14.4 Å². The first-order valence-corrected chi connectivity index (χ1v) is 16.7. The largest absolute Gasteiger partial charge is 2.00 e. The van der Waals surface area contributed by atoms with Gasteiger partial charge in [-0.25, -0.2) is 4.57 Å². The van der Waals surface area contributed by atoms with Crippen molar-refractivity contribution in [2.24, 2.45) is 0 Å². The molecule has 60 heavy (non-hydrogen) atoms. The number of hydrogen-bond acceptors (Lipinski definition) is 6. The van der Waals surface area contributed by atoms with Crippen molar-refractivity contribution in [2.75, 3.05) is 0 Å². The molecular weight excluding hydrogens is 919 g/mol. The second-order valence-corrected chi connectivity index (χ2v) is 11.6. The molecule has 0 unspecified atom stereocenters. The van der Waals surface area contributed by atoms with E-state index in [4.69, 9.17) is 0 Å². The Morgan fingerprint density at radius 3 is 0.867 bits per heavy atom. The van der Waals surface area contributed by atoms with Crippen molar-refractivity contribution in [3.63, 3.8) is 0 Å². The van der Waals surface area contributed by atoms with Gasteiger partial charge in [-0.15, -0.1) is 0 Å². The minimum atomic E-state index is -5.46. The molecule has 0 aliphatic rings. The summed E-state index contributed by atoms with van der Waals surface area (Å²) in [5.74, 6) is -16.9. The summed E-state index contributed by atoms with van der Waals surface area (Å²) in [5.41, 5.74) is 0. The number of aromatic nitrogens is 1. The number of ketones is 3. The molecule has 26 heteroatoms. The molecule has 0 aromatic carbocycles. The van der Waals surface area contributed by atoms with Crippen LogP contribution in [0.1, 0.15) is 84.0 Å². The molecule has 0 fully saturated rings. The molecule has 0 atom stereocenters. The maximum atomic E-state index is 11.3. The van der Waals surface area contributed by atoms with E-state index < -0.39 is 89.9 Å². The summed E-state index contributed by atoms with van der Waals surface area (Å²) in [4.78, 5) is 29.5. The molecule has 0 amide bonds. The zero-order chi connectivity index (χ0) is 46.9. The Labute approximate surface area is 341 Å². The van der Waals surface area contributed by atoms with Crippen molar-refractivity contribution >= 4 is 17.3 Å². The van der Waals surface area contributed by atoms with Crippen molar-refractivity contribution in [1.29, 1.82) is 0 Å². The smallest absolute Gasteiger partial charge is 0.869 e. The maximum absolute atomic E-state index is 11.3. The van der Waals surface area contributed by atoms with E-state index in [1.165, 1.54) is 83.6 Å². The molecule has 1 rings (SSSR count). The normalized spacial score (nSPS) is 13.0. The second kappa shape index (κ2) is 29.3. The van der Waals surface area contributed by atoms with Gasteiger partial charge in [0.05, 0.1) is 0 Å². The zero-order valence-electron chi connectivity index (χ0n) is 30.8. The van der Waals surface area contributed by atoms with Gasteiger partial charge in [-0.1, -0.05) is 77.2 Å². The Kier molecular flexibility index (Phi) is 30.6. The number of carbonyl (C=O) groups excluding carboxylic acids is 3. The summed E-state index contributed by atoms with van der Waals surface area (Å²) in [6.07, 6.45) is -14.4. The van der Waals surface area contributed by atoms with Gasteiger partial charge in [0.1, 0.15) is 6.54 Å². The number of rotatable bonds is 16. The molecule has 7 nitrogen and oxygen atoms in total. The summed E-state index contributed by atoms with van der Waals surface area (Å²) < 4.78 is 206. The van der Waals surface area contributed by atoms with Gasteiger partial charge >= 0.3 is 53.8 Å². The van der Waals surface area contributed by atoms with Gasteiger partial charge in [0.25, 0.3) is 17.3 Å². The van der Waals surface area contributed by atoms with E-state index >= 15 is 0 Å². The van der Waals surface area contributed by atoms with E-state index in [0.29, 0.717) is 0 Å². The summed E-state index contributed by atoms with van der Waals surface area (Å²) in [5, 5.41) is 29.5. The van der Waals surface area contributed by atoms with Crippen molar-refractivity contribution in [3.05, 3.63) is 66.1 Å². The molecule has 0 aliphatic carbocycles. The number of allylic oxidation sites excluding steroid dienone is 6. The molecule has 0 aliphatic heterocycles. The van der Waals surface area contributed by atoms with Gasteiger partial charge < -0.3 is 15.3 Å². The molecule has 0 saturated heterocycles. The molecule has 0 saturated carbocycles. The minimum absolute atomic E-state index is 0. The summed E-state index contributed by atoms with van der Waals surface area (Å²) in [6.45, 7) is 3.47. The summed E-state index contributed by atoms with van der Waals surface area (Å²) in [7, 11) is 0. The molecule has 1 radical (unpaired) electrons. The van der Waals surface area contributed by atoms with Crippen molar-refractivity contribution in [3.8, 4) is 0 Å². The second-order valence-electron chi connectivity index (χ2n) is 11.6. The molecule has 1 aromatic rings. The quantitative estimate of drug-likeness (QED) is 0.0539. The van der Waals surface area contributed by atoms with Crippen LogP contribution in [-0.4, -0.2) is 54.4 Å². The van der Waals surface area contributed by atoms with Crippen LogP contribution in [0.15, 0.2) is 66.1 Å². The van der Waals surface area contributed by atoms with E-state index in [1.54, 1.807) is 0 Å². The number of carbonyl (C=O) groups is 3. The van der Waals surface area contributed by atoms with Crippen LogP contribution in [-0.2, 0) is 37.7 Å². The number of nitrogens with zero attached hydrogens (tertiary/aromatic N) is 1. The van der Waals surface area contributed by atoms with Crippen LogP contribution >= 0.6 is 0 Å². The maximum Gasteiger partial charge on any atom is 2.00 e. The summed E-state index contributed by atoms with van der Waals surface area (Å²) in [6, 6.07) is 6.31. The topological polar surface area (TPSA) is 124 Å². The average Bonchev–Trinajstić information content (AvgIpc) is 3.07. The van der Waals surface area contributed by atoms with Crippen LogP contribution in [0.4, 0.5) is 79.0 Å². The fraction of sp³-hybridized carbons (Fsp3) is 0.588. The van der Waals surface area contributed by atoms with Crippen LogP contribution in [0.2, 0.25) is 0 Å². The van der Waals surface area contributed by atoms with Crippen molar-refractivity contribution < 1.29 is 130 Å². The Balaban J connectivity index is -0.000000354. The van der Waals surface area contributed by atoms with E-state index in [-0.39, 0.29) is 16.8 Å². The van der Waals surface area contributed by atoms with Crippen LogP contribution in [0.25, 0.3) is 0 Å². The standard InChI is InChI=1S/C19H34N.3C5H2F6O2.Co/c1-2-3-4-5-6-7-8-9-10-11-12-14-17-20-18-15-13-16-19-20;3*6-4(7,8)2(12)1-3(13)5(9,10)11;/h13,15-16,18-19H,2-12,14,17H2,1H3;3*1,12H;/q+1;;;;+2/p-3/b;3*2-1-;. The first kappa shape index (κ1) is 62.7. The molecule has 0 N–H and O–H groups in total. The Bertz CT molecular complexity index is 1340. The van der Waals surface area contributed by atoms with Crippen LogP contribution in [0.3, 0.4) is 0 Å². The average molecular weight is 957 g/mol. The van der Waals surface area contributed by atoms with Gasteiger partial charge in [-0.2, -0.15) is 79.0 Å². The number of pyridine rings is 1. The molecular formula is C34H37CoF18NO6. The van der Waals surface area contributed by atoms with E-state index in [9.17, 15) is 109 Å². The van der Waals surface area contributed by atoms with Crippen molar-refractivity contribution in [1.82, 2.24) is 0 Å².